The molecule has 0 spiro atoms. The maximum Gasteiger partial charge on any atom is 0.271 e. The molecule has 0 atom stereocenters. The summed E-state index contributed by atoms with van der Waals surface area (Å²) >= 11 is 6.07. The summed E-state index contributed by atoms with van der Waals surface area (Å²) < 4.78 is 28.7. The zero-order valence-electron chi connectivity index (χ0n) is 17.6. The Hall–Kier alpha value is -2.46. The second-order valence-electron chi connectivity index (χ2n) is 8.25. The van der Waals surface area contributed by atoms with E-state index in [1.807, 2.05) is 13.8 Å². The Balaban J connectivity index is 1.50. The second kappa shape index (κ2) is 8.23. The fraction of sp³-hybridized carbons (Fsp3) is 0.500. The number of anilines is 1. The predicted octanol–water partition coefficient (Wildman–Crippen LogP) is 2.96. The normalized spacial score (nSPS) is 19.8. The monoisotopic (exact) mass is 464 g/mol. The van der Waals surface area contributed by atoms with E-state index in [-0.39, 0.29) is 27.6 Å². The molecule has 166 valence electrons. The lowest BCUT2D eigenvalue weighted by molar-refractivity contribution is 0.450. The number of aryl methyl sites for hydroxylation is 1. The van der Waals surface area contributed by atoms with E-state index < -0.39 is 15.1 Å². The van der Waals surface area contributed by atoms with E-state index in [9.17, 15) is 13.2 Å². The van der Waals surface area contributed by atoms with Crippen molar-refractivity contribution in [1.29, 1.82) is 0 Å². The van der Waals surface area contributed by atoms with Gasteiger partial charge in [-0.2, -0.15) is 10.1 Å². The van der Waals surface area contributed by atoms with Gasteiger partial charge in [0.2, 0.25) is 5.95 Å². The van der Waals surface area contributed by atoms with Crippen molar-refractivity contribution in [3.63, 3.8) is 0 Å². The predicted molar refractivity (Wildman–Crippen MR) is 119 cm³/mol. The molecule has 3 heterocycles. The highest BCUT2D eigenvalue weighted by atomic mass is 35.5. The summed E-state index contributed by atoms with van der Waals surface area (Å²) in [5.41, 5.74) is 0.240. The number of rotatable bonds is 5. The van der Waals surface area contributed by atoms with Crippen LogP contribution in [0.4, 0.5) is 5.95 Å². The highest BCUT2D eigenvalue weighted by Crippen LogP contribution is 2.30. The number of pyridine rings is 1. The number of hydrogen-bond acceptors (Lipinski definition) is 7. The third kappa shape index (κ3) is 4.18. The van der Waals surface area contributed by atoms with Crippen molar-refractivity contribution in [2.75, 3.05) is 5.32 Å². The molecule has 1 saturated carbocycles. The second-order valence-corrected chi connectivity index (χ2v) is 10.9. The smallest absolute Gasteiger partial charge is 0.271 e. The number of nitrogens with one attached hydrogen (secondary N) is 1. The fourth-order valence-corrected chi connectivity index (χ4v) is 6.05. The standard InChI is InChI=1S/C20H25ClN6O3S/c1-12(2)27-18-13(8-17(21)19(27)28)9-22-20(25-18)24-14-4-6-15(7-5-14)31(29,30)16-10-23-26(3)11-16/h8-12,14-15H,4-7H2,1-3H3,(H,22,24,25)/t14-,15-. The number of halogens is 1. The lowest BCUT2D eigenvalue weighted by Gasteiger charge is -2.28. The minimum absolute atomic E-state index is 0.0596. The molecule has 0 unspecified atom stereocenters. The van der Waals surface area contributed by atoms with Gasteiger partial charge in [-0.05, 0) is 45.6 Å². The molecule has 0 aliphatic heterocycles. The van der Waals surface area contributed by atoms with Gasteiger partial charge in [0, 0.05) is 36.9 Å². The molecular weight excluding hydrogens is 440 g/mol. The Morgan fingerprint density at radius 2 is 1.90 bits per heavy atom. The van der Waals surface area contributed by atoms with E-state index in [4.69, 9.17) is 11.6 Å². The van der Waals surface area contributed by atoms with Gasteiger partial charge in [-0.15, -0.1) is 0 Å². The van der Waals surface area contributed by atoms with E-state index in [1.165, 1.54) is 10.9 Å². The summed E-state index contributed by atoms with van der Waals surface area (Å²) in [6.07, 6.45) is 7.06. The SMILES string of the molecule is CC(C)n1c(=O)c(Cl)cc2cnc(N[C@H]3CC[C@H](S(=O)(=O)c4cnn(C)c4)CC3)nc21. The van der Waals surface area contributed by atoms with Crippen LogP contribution in [0.25, 0.3) is 11.0 Å². The molecule has 0 amide bonds. The van der Waals surface area contributed by atoms with Crippen LogP contribution in [-0.2, 0) is 16.9 Å². The third-order valence-corrected chi connectivity index (χ3v) is 8.19. The molecule has 1 fully saturated rings. The lowest BCUT2D eigenvalue weighted by atomic mass is 9.95. The van der Waals surface area contributed by atoms with Crippen molar-refractivity contribution in [3.05, 3.63) is 40.0 Å². The van der Waals surface area contributed by atoms with E-state index in [0.29, 0.717) is 42.7 Å². The first kappa shape index (κ1) is 21.8. The maximum atomic E-state index is 12.8. The number of hydrogen-bond donors (Lipinski definition) is 1. The molecule has 3 aromatic heterocycles. The van der Waals surface area contributed by atoms with Crippen molar-refractivity contribution in [2.24, 2.45) is 7.05 Å². The Labute approximate surface area is 185 Å². The molecule has 0 radical (unpaired) electrons. The average molecular weight is 465 g/mol. The minimum Gasteiger partial charge on any atom is -0.351 e. The van der Waals surface area contributed by atoms with E-state index in [0.717, 1.165) is 0 Å². The van der Waals surface area contributed by atoms with Crippen LogP contribution in [0.15, 0.2) is 34.3 Å². The highest BCUT2D eigenvalue weighted by Gasteiger charge is 2.33. The van der Waals surface area contributed by atoms with Crippen molar-refractivity contribution < 1.29 is 8.42 Å². The Morgan fingerprint density at radius 3 is 2.52 bits per heavy atom. The molecule has 0 saturated heterocycles. The quantitative estimate of drug-likeness (QED) is 0.617. The molecule has 0 bridgehead atoms. The van der Waals surface area contributed by atoms with Gasteiger partial charge in [0.05, 0.1) is 11.4 Å². The van der Waals surface area contributed by atoms with Crippen LogP contribution in [0.3, 0.4) is 0 Å². The molecule has 1 aliphatic rings. The largest absolute Gasteiger partial charge is 0.351 e. The lowest BCUT2D eigenvalue weighted by Crippen LogP contribution is -2.33. The van der Waals surface area contributed by atoms with Gasteiger partial charge in [-0.1, -0.05) is 11.6 Å². The highest BCUT2D eigenvalue weighted by molar-refractivity contribution is 7.92. The first-order chi connectivity index (χ1) is 14.7. The molecule has 3 aromatic rings. The Morgan fingerprint density at radius 1 is 1.19 bits per heavy atom. The van der Waals surface area contributed by atoms with Crippen LogP contribution in [-0.4, -0.2) is 44.0 Å². The molecule has 1 N–H and O–H groups in total. The average Bonchev–Trinajstić information content (AvgIpc) is 3.16. The molecule has 4 rings (SSSR count). The third-order valence-electron chi connectivity index (χ3n) is 5.70. The Bertz CT molecular complexity index is 1280. The van der Waals surface area contributed by atoms with Gasteiger partial charge < -0.3 is 5.32 Å². The van der Waals surface area contributed by atoms with Crippen LogP contribution in [0.1, 0.15) is 45.6 Å². The van der Waals surface area contributed by atoms with E-state index in [2.05, 4.69) is 20.4 Å². The molecule has 9 nitrogen and oxygen atoms in total. The van der Waals surface area contributed by atoms with Crippen LogP contribution in [0, 0.1) is 0 Å². The molecule has 0 aromatic carbocycles. The number of fused-ring (bicyclic) bond motifs is 1. The summed E-state index contributed by atoms with van der Waals surface area (Å²) in [5, 5.41) is 7.70. The minimum atomic E-state index is -3.38. The summed E-state index contributed by atoms with van der Waals surface area (Å²) in [6.45, 7) is 3.80. The summed E-state index contributed by atoms with van der Waals surface area (Å²) in [4.78, 5) is 21.7. The molecule has 11 heteroatoms. The number of aromatic nitrogens is 5. The molecule has 1 aliphatic carbocycles. The van der Waals surface area contributed by atoms with Crippen LogP contribution in [0.5, 0.6) is 0 Å². The summed E-state index contributed by atoms with van der Waals surface area (Å²) in [7, 11) is -1.68. The first-order valence-corrected chi connectivity index (χ1v) is 12.2. The first-order valence-electron chi connectivity index (χ1n) is 10.2. The van der Waals surface area contributed by atoms with Crippen molar-refractivity contribution in [3.8, 4) is 0 Å². The van der Waals surface area contributed by atoms with Crippen LogP contribution in [0.2, 0.25) is 5.02 Å². The summed E-state index contributed by atoms with van der Waals surface area (Å²) in [5.74, 6) is 0.419. The molecular formula is C20H25ClN6O3S. The van der Waals surface area contributed by atoms with Crippen LogP contribution >= 0.6 is 11.6 Å². The topological polar surface area (TPSA) is 112 Å². The van der Waals surface area contributed by atoms with E-state index in [1.54, 1.807) is 30.1 Å². The molecule has 31 heavy (non-hydrogen) atoms. The van der Waals surface area contributed by atoms with Crippen LogP contribution < -0.4 is 10.9 Å². The van der Waals surface area contributed by atoms with Crippen molar-refractivity contribution in [1.82, 2.24) is 24.3 Å². The summed E-state index contributed by atoms with van der Waals surface area (Å²) in [6, 6.07) is 1.53. The van der Waals surface area contributed by atoms with Gasteiger partial charge >= 0.3 is 0 Å². The number of sulfone groups is 1. The number of nitrogens with zero attached hydrogens (tertiary/aromatic N) is 5. The Kier molecular flexibility index (Phi) is 5.78. The zero-order valence-corrected chi connectivity index (χ0v) is 19.2. The van der Waals surface area contributed by atoms with Gasteiger partial charge in [-0.25, -0.2) is 13.4 Å². The fourth-order valence-electron chi connectivity index (χ4n) is 4.07. The van der Waals surface area contributed by atoms with Gasteiger partial charge in [0.15, 0.2) is 9.84 Å². The zero-order chi connectivity index (χ0) is 22.3. The van der Waals surface area contributed by atoms with Gasteiger partial charge in [0.25, 0.3) is 5.56 Å². The van der Waals surface area contributed by atoms with Gasteiger partial charge in [0.1, 0.15) is 15.6 Å². The van der Waals surface area contributed by atoms with Crippen molar-refractivity contribution in [2.45, 2.75) is 61.8 Å². The van der Waals surface area contributed by atoms with Crippen molar-refractivity contribution >= 4 is 38.4 Å². The van der Waals surface area contributed by atoms with Gasteiger partial charge in [-0.3, -0.25) is 14.0 Å². The van der Waals surface area contributed by atoms with E-state index >= 15 is 0 Å². The maximum absolute atomic E-state index is 12.8.